The van der Waals surface area contributed by atoms with Crippen molar-refractivity contribution in [1.29, 1.82) is 0 Å². The molecule has 4 aliphatic heterocycles. The Kier molecular flexibility index (Phi) is 7.37. The second kappa shape index (κ2) is 10.8. The third-order valence-electron chi connectivity index (χ3n) is 10.1. The molecule has 46 heavy (non-hydrogen) atoms. The average molecular weight is 669 g/mol. The van der Waals surface area contributed by atoms with Crippen molar-refractivity contribution in [3.8, 4) is 0 Å². The molecule has 1 unspecified atom stereocenters. The molecule has 2 fully saturated rings. The highest BCUT2D eigenvalue weighted by molar-refractivity contribution is 7.90. The lowest BCUT2D eigenvalue weighted by Gasteiger charge is -2.41. The van der Waals surface area contributed by atoms with Gasteiger partial charge in [0.15, 0.2) is 15.6 Å². The van der Waals surface area contributed by atoms with Crippen molar-refractivity contribution in [2.24, 2.45) is 11.3 Å². The van der Waals surface area contributed by atoms with Gasteiger partial charge in [-0.2, -0.15) is 0 Å². The zero-order chi connectivity index (χ0) is 32.6. The van der Waals surface area contributed by atoms with E-state index in [1.54, 1.807) is 31.2 Å². The molecular weight excluding hydrogens is 635 g/mol. The molecule has 3 aromatic rings. The second-order valence-electron chi connectivity index (χ2n) is 13.1. The quantitative estimate of drug-likeness (QED) is 0.387. The zero-order valence-electron chi connectivity index (χ0n) is 25.4. The first-order valence-corrected chi connectivity index (χ1v) is 17.5. The van der Waals surface area contributed by atoms with Crippen molar-refractivity contribution < 1.29 is 37.0 Å². The molecule has 9 nitrogen and oxygen atoms in total. The number of amides is 2. The first-order valence-electron chi connectivity index (χ1n) is 15.3. The second-order valence-corrected chi connectivity index (χ2v) is 15.5. The maximum atomic E-state index is 16.9. The van der Waals surface area contributed by atoms with E-state index in [2.05, 4.69) is 5.32 Å². The number of carbonyl (C=O) groups is 2. The number of rotatable bonds is 5. The lowest BCUT2D eigenvalue weighted by molar-refractivity contribution is -0.141. The number of aliphatic hydroxyl groups is 1. The molecule has 8 rings (SSSR count). The number of fused-ring (bicyclic) bond motifs is 5. The monoisotopic (exact) mass is 668 g/mol. The fourth-order valence-corrected chi connectivity index (χ4v) is 8.28. The smallest absolute Gasteiger partial charge is 0.257 e. The molecule has 12 heteroatoms. The first-order chi connectivity index (χ1) is 21.8. The molecular formula is C34H34ClFN2O7S. The van der Waals surface area contributed by atoms with Crippen LogP contribution in [-0.2, 0) is 42.0 Å². The number of anilines is 1. The van der Waals surface area contributed by atoms with Crippen molar-refractivity contribution in [3.05, 3.63) is 93.3 Å². The Balaban J connectivity index is 1.45. The number of carbonyl (C=O) groups excluding carboxylic acids is 2. The number of hydrogen-bond donors (Lipinski definition) is 2. The van der Waals surface area contributed by atoms with Gasteiger partial charge in [0.05, 0.1) is 40.2 Å². The van der Waals surface area contributed by atoms with Gasteiger partial charge < -0.3 is 19.9 Å². The van der Waals surface area contributed by atoms with Crippen molar-refractivity contribution in [3.63, 3.8) is 0 Å². The Labute approximate surface area is 271 Å². The fraction of sp³-hybridized carbons (Fsp3) is 0.412. The normalized spacial score (nSPS) is 23.8. The molecule has 2 amide bonds. The van der Waals surface area contributed by atoms with Gasteiger partial charge in [-0.3, -0.25) is 14.5 Å². The summed E-state index contributed by atoms with van der Waals surface area (Å²) in [4.78, 5) is 29.2. The molecule has 3 aromatic carbocycles. The Bertz CT molecular complexity index is 1870. The summed E-state index contributed by atoms with van der Waals surface area (Å²) in [7, 11) is -3.79. The summed E-state index contributed by atoms with van der Waals surface area (Å²) in [5.41, 5.74) is -2.76. The highest BCUT2D eigenvalue weighted by Gasteiger charge is 2.59. The lowest BCUT2D eigenvalue weighted by atomic mass is 9.77. The van der Waals surface area contributed by atoms with Gasteiger partial charge in [0, 0.05) is 35.7 Å². The van der Waals surface area contributed by atoms with Crippen LogP contribution < -0.4 is 5.32 Å². The maximum absolute atomic E-state index is 16.9. The van der Waals surface area contributed by atoms with Gasteiger partial charge in [-0.15, -0.1) is 0 Å². The van der Waals surface area contributed by atoms with Crippen LogP contribution in [0.25, 0.3) is 0 Å². The SMILES string of the molecule is CC(O)(c1cc(F)c2c(c1)C(=O)N(Cc1ccc(Cl)cc1S(C)(=O)=O)[C@]21OCC2(CC2)C(=O)Nc2ccc1cc2)C1CCOCC1. The van der Waals surface area contributed by atoms with E-state index in [-0.39, 0.29) is 57.1 Å². The van der Waals surface area contributed by atoms with Crippen LogP contribution in [0.3, 0.4) is 0 Å². The molecule has 2 bridgehead atoms. The Morgan fingerprint density at radius 1 is 1.09 bits per heavy atom. The third-order valence-corrected chi connectivity index (χ3v) is 11.5. The van der Waals surface area contributed by atoms with E-state index in [4.69, 9.17) is 21.1 Å². The molecule has 2 N–H and O–H groups in total. The topological polar surface area (TPSA) is 122 Å². The van der Waals surface area contributed by atoms with Gasteiger partial charge in [0.25, 0.3) is 5.91 Å². The minimum atomic E-state index is -3.79. The summed E-state index contributed by atoms with van der Waals surface area (Å²) >= 11 is 6.19. The van der Waals surface area contributed by atoms with Crippen molar-refractivity contribution in [1.82, 2.24) is 4.90 Å². The Hall–Kier alpha value is -3.35. The van der Waals surface area contributed by atoms with Crippen LogP contribution >= 0.6 is 11.6 Å². The van der Waals surface area contributed by atoms with E-state index in [0.717, 1.165) is 6.26 Å². The molecule has 2 atom stereocenters. The number of halogens is 2. The van der Waals surface area contributed by atoms with Crippen molar-refractivity contribution in [2.75, 3.05) is 31.4 Å². The van der Waals surface area contributed by atoms with E-state index in [1.165, 1.54) is 35.2 Å². The Morgan fingerprint density at radius 3 is 2.43 bits per heavy atom. The number of ether oxygens (including phenoxy) is 2. The predicted molar refractivity (Wildman–Crippen MR) is 167 cm³/mol. The van der Waals surface area contributed by atoms with E-state index < -0.39 is 38.3 Å². The molecule has 4 heterocycles. The first kappa shape index (κ1) is 31.3. The van der Waals surface area contributed by atoms with Crippen LogP contribution in [0.15, 0.2) is 59.5 Å². The van der Waals surface area contributed by atoms with Crippen LogP contribution in [-0.4, -0.2) is 56.3 Å². The summed E-state index contributed by atoms with van der Waals surface area (Å²) in [5, 5.41) is 14.9. The molecule has 242 valence electrons. The summed E-state index contributed by atoms with van der Waals surface area (Å²) in [5.74, 6) is -1.82. The average Bonchev–Trinajstić information content (AvgIpc) is 3.78. The van der Waals surface area contributed by atoms with Crippen LogP contribution in [0.5, 0.6) is 0 Å². The maximum Gasteiger partial charge on any atom is 0.257 e. The van der Waals surface area contributed by atoms with Crippen LogP contribution in [0.4, 0.5) is 10.1 Å². The molecule has 1 saturated carbocycles. The van der Waals surface area contributed by atoms with E-state index in [0.29, 0.717) is 50.1 Å². The molecule has 0 radical (unpaired) electrons. The number of hydrogen-bond acceptors (Lipinski definition) is 7. The summed E-state index contributed by atoms with van der Waals surface area (Å²) < 4.78 is 54.8. The molecule has 2 spiro atoms. The number of nitrogens with zero attached hydrogens (tertiary/aromatic N) is 1. The fourth-order valence-electron chi connectivity index (χ4n) is 7.10. The standard InChI is InChI=1S/C34H34ClFN2O7S/c1-32(41,21-9-13-44-14-10-21)23-15-26-29(27(36)16-23)34(22-4-7-25(8-5-22)37-31(40)33(11-12-33)19-45-34)38(30(26)39)18-20-3-6-24(35)17-28(20)46(2,42)43/h3-8,15-17,21,41H,9-14,18-19H2,1-2H3,(H,37,40)/t32?,34-/m1/s1. The van der Waals surface area contributed by atoms with Gasteiger partial charge in [0.1, 0.15) is 5.82 Å². The highest BCUT2D eigenvalue weighted by Crippen LogP contribution is 2.54. The number of nitrogens with one attached hydrogen (secondary N) is 1. The van der Waals surface area contributed by atoms with Gasteiger partial charge >= 0.3 is 0 Å². The highest BCUT2D eigenvalue weighted by atomic mass is 35.5. The predicted octanol–water partition coefficient (Wildman–Crippen LogP) is 5.12. The van der Waals surface area contributed by atoms with Crippen molar-refractivity contribution in [2.45, 2.75) is 55.4 Å². The summed E-state index contributed by atoms with van der Waals surface area (Å²) in [6.07, 6.45) is 3.30. The van der Waals surface area contributed by atoms with E-state index in [9.17, 15) is 23.1 Å². The molecule has 0 aromatic heterocycles. The third kappa shape index (κ3) is 4.95. The van der Waals surface area contributed by atoms with Gasteiger partial charge in [-0.25, -0.2) is 12.8 Å². The zero-order valence-corrected chi connectivity index (χ0v) is 27.0. The molecule has 5 aliphatic rings. The van der Waals surface area contributed by atoms with Crippen LogP contribution in [0.2, 0.25) is 5.02 Å². The molecule has 1 saturated heterocycles. The van der Waals surface area contributed by atoms with Gasteiger partial charge in [-0.1, -0.05) is 29.8 Å². The van der Waals surface area contributed by atoms with E-state index in [1.807, 2.05) is 0 Å². The molecule has 1 aliphatic carbocycles. The Morgan fingerprint density at radius 2 is 1.78 bits per heavy atom. The minimum absolute atomic E-state index is 0.00682. The number of sulfone groups is 1. The van der Waals surface area contributed by atoms with Gasteiger partial charge in [0.2, 0.25) is 5.91 Å². The number of benzene rings is 3. The van der Waals surface area contributed by atoms with E-state index >= 15 is 4.39 Å². The summed E-state index contributed by atoms with van der Waals surface area (Å²) in [6.45, 7) is 2.16. The summed E-state index contributed by atoms with van der Waals surface area (Å²) in [6, 6.07) is 13.8. The minimum Gasteiger partial charge on any atom is -0.385 e. The largest absolute Gasteiger partial charge is 0.385 e. The van der Waals surface area contributed by atoms with Crippen LogP contribution in [0, 0.1) is 17.2 Å². The lowest BCUT2D eigenvalue weighted by Crippen LogP contribution is -2.49. The van der Waals surface area contributed by atoms with Gasteiger partial charge in [-0.05, 0) is 86.1 Å². The van der Waals surface area contributed by atoms with Crippen molar-refractivity contribution >= 4 is 38.9 Å². The van der Waals surface area contributed by atoms with Crippen LogP contribution in [0.1, 0.15) is 65.2 Å².